The minimum atomic E-state index is -0.289. The fraction of sp³-hybridized carbons (Fsp3) is 0. The molecule has 0 bridgehead atoms. The van der Waals surface area contributed by atoms with E-state index in [1.54, 1.807) is 42.6 Å². The van der Waals surface area contributed by atoms with Crippen molar-refractivity contribution < 1.29 is 9.18 Å². The van der Waals surface area contributed by atoms with E-state index in [-0.39, 0.29) is 11.7 Å². The molecular weight excluding hydrogens is 293 g/mol. The number of nitrogens with one attached hydrogen (secondary N) is 2. The molecule has 23 heavy (non-hydrogen) atoms. The summed E-state index contributed by atoms with van der Waals surface area (Å²) in [5, 5.41) is 5.83. The Bertz CT molecular complexity index is 787. The lowest BCUT2D eigenvalue weighted by atomic mass is 10.2. The molecule has 0 aliphatic rings. The van der Waals surface area contributed by atoms with E-state index in [4.69, 9.17) is 0 Å². The second-order valence-electron chi connectivity index (χ2n) is 4.88. The van der Waals surface area contributed by atoms with Crippen LogP contribution >= 0.6 is 0 Å². The van der Waals surface area contributed by atoms with Gasteiger partial charge in [-0.25, -0.2) is 9.37 Å². The molecule has 3 rings (SSSR count). The van der Waals surface area contributed by atoms with E-state index in [0.717, 1.165) is 5.69 Å². The molecule has 0 saturated heterocycles. The number of carbonyl (C=O) groups excluding carboxylic acids is 1. The lowest BCUT2D eigenvalue weighted by molar-refractivity contribution is 0.102. The predicted molar refractivity (Wildman–Crippen MR) is 88.3 cm³/mol. The van der Waals surface area contributed by atoms with Crippen LogP contribution in [0, 0.1) is 5.82 Å². The minimum Gasteiger partial charge on any atom is -0.340 e. The lowest BCUT2D eigenvalue weighted by Crippen LogP contribution is -2.11. The quantitative estimate of drug-likeness (QED) is 0.759. The van der Waals surface area contributed by atoms with E-state index in [1.165, 1.54) is 12.1 Å². The summed E-state index contributed by atoms with van der Waals surface area (Å²) in [5.74, 6) is 0.128. The van der Waals surface area contributed by atoms with Gasteiger partial charge in [0.2, 0.25) is 0 Å². The van der Waals surface area contributed by atoms with Crippen LogP contribution in [0.3, 0.4) is 0 Å². The zero-order chi connectivity index (χ0) is 16.1. The first-order chi connectivity index (χ1) is 11.2. The van der Waals surface area contributed by atoms with E-state index >= 15 is 0 Å². The highest BCUT2D eigenvalue weighted by molar-refractivity contribution is 6.04. The molecule has 114 valence electrons. The Balaban J connectivity index is 1.65. The molecule has 1 aromatic heterocycles. The first-order valence-electron chi connectivity index (χ1n) is 7.06. The Morgan fingerprint density at radius 3 is 2.22 bits per heavy atom. The molecule has 0 aliphatic carbocycles. The van der Waals surface area contributed by atoms with Crippen LogP contribution in [0.4, 0.5) is 21.6 Å². The van der Waals surface area contributed by atoms with Crippen molar-refractivity contribution in [3.05, 3.63) is 84.3 Å². The van der Waals surface area contributed by atoms with E-state index in [0.29, 0.717) is 17.1 Å². The molecule has 5 heteroatoms. The van der Waals surface area contributed by atoms with Crippen molar-refractivity contribution in [3.63, 3.8) is 0 Å². The van der Waals surface area contributed by atoms with Crippen molar-refractivity contribution in [3.8, 4) is 0 Å². The van der Waals surface area contributed by atoms with E-state index in [9.17, 15) is 9.18 Å². The molecule has 0 unspecified atom stereocenters. The van der Waals surface area contributed by atoms with E-state index in [1.807, 2.05) is 18.2 Å². The number of hydrogen-bond donors (Lipinski definition) is 2. The van der Waals surface area contributed by atoms with Crippen LogP contribution in [0.15, 0.2) is 72.9 Å². The zero-order valence-electron chi connectivity index (χ0n) is 12.2. The highest BCUT2D eigenvalue weighted by Crippen LogP contribution is 2.17. The summed E-state index contributed by atoms with van der Waals surface area (Å²) in [4.78, 5) is 16.3. The number of carbonyl (C=O) groups is 1. The van der Waals surface area contributed by atoms with Gasteiger partial charge in [-0.05, 0) is 48.5 Å². The molecule has 3 aromatic rings. The maximum absolute atomic E-state index is 12.9. The van der Waals surface area contributed by atoms with Gasteiger partial charge in [-0.3, -0.25) is 4.79 Å². The summed E-state index contributed by atoms with van der Waals surface area (Å²) in [6.45, 7) is 0. The minimum absolute atomic E-state index is 0.188. The van der Waals surface area contributed by atoms with Crippen molar-refractivity contribution in [1.29, 1.82) is 0 Å². The van der Waals surface area contributed by atoms with Gasteiger partial charge < -0.3 is 10.6 Å². The van der Waals surface area contributed by atoms with Crippen LogP contribution in [0.2, 0.25) is 0 Å². The molecule has 2 N–H and O–H groups in total. The predicted octanol–water partition coefficient (Wildman–Crippen LogP) is 4.22. The largest absolute Gasteiger partial charge is 0.340 e. The molecule has 0 radical (unpaired) electrons. The van der Waals surface area contributed by atoms with Gasteiger partial charge in [-0.15, -0.1) is 0 Å². The Hall–Kier alpha value is -3.21. The summed E-state index contributed by atoms with van der Waals surface area (Å²) in [6.07, 6.45) is 1.56. The molecule has 0 saturated carbocycles. The normalized spacial score (nSPS) is 10.1. The second kappa shape index (κ2) is 6.70. The highest BCUT2D eigenvalue weighted by Gasteiger charge is 2.05. The molecule has 0 aliphatic heterocycles. The third kappa shape index (κ3) is 3.91. The van der Waals surface area contributed by atoms with Crippen molar-refractivity contribution in [2.75, 3.05) is 10.6 Å². The van der Waals surface area contributed by atoms with Gasteiger partial charge in [0, 0.05) is 11.3 Å². The van der Waals surface area contributed by atoms with Crippen LogP contribution in [0.25, 0.3) is 0 Å². The van der Waals surface area contributed by atoms with Crippen molar-refractivity contribution in [1.82, 2.24) is 4.98 Å². The number of hydrogen-bond acceptors (Lipinski definition) is 3. The Kier molecular flexibility index (Phi) is 4.29. The highest BCUT2D eigenvalue weighted by atomic mass is 19.1. The third-order valence-corrected chi connectivity index (χ3v) is 3.17. The maximum Gasteiger partial charge on any atom is 0.255 e. The molecule has 4 nitrogen and oxygen atoms in total. The van der Waals surface area contributed by atoms with Crippen molar-refractivity contribution in [2.24, 2.45) is 0 Å². The number of aromatic nitrogens is 1. The first-order valence-corrected chi connectivity index (χ1v) is 7.06. The maximum atomic E-state index is 12.9. The number of pyridine rings is 1. The van der Waals surface area contributed by atoms with Gasteiger partial charge >= 0.3 is 0 Å². The van der Waals surface area contributed by atoms with Crippen LogP contribution in [0.1, 0.15) is 10.4 Å². The van der Waals surface area contributed by atoms with Crippen molar-refractivity contribution in [2.45, 2.75) is 0 Å². The van der Waals surface area contributed by atoms with Crippen molar-refractivity contribution >= 4 is 23.1 Å². The molecule has 0 fully saturated rings. The lowest BCUT2D eigenvalue weighted by Gasteiger charge is -2.08. The number of halogens is 1. The van der Waals surface area contributed by atoms with Gasteiger partial charge in [0.25, 0.3) is 5.91 Å². The Morgan fingerprint density at radius 2 is 1.57 bits per heavy atom. The second-order valence-corrected chi connectivity index (χ2v) is 4.88. The standard InChI is InChI=1S/C18H14FN3O/c19-14-6-8-15(9-7-14)21-17-11-10-16(12-20-17)22-18(23)13-4-2-1-3-5-13/h1-12H,(H,20,21)(H,22,23). The molecule has 1 heterocycles. The molecule has 1 amide bonds. The van der Waals surface area contributed by atoms with E-state index in [2.05, 4.69) is 15.6 Å². The molecule has 2 aromatic carbocycles. The van der Waals surface area contributed by atoms with Gasteiger partial charge in [0.1, 0.15) is 11.6 Å². The fourth-order valence-corrected chi connectivity index (χ4v) is 2.02. The van der Waals surface area contributed by atoms with Crippen LogP contribution < -0.4 is 10.6 Å². The van der Waals surface area contributed by atoms with Crippen LogP contribution in [-0.2, 0) is 0 Å². The number of rotatable bonds is 4. The third-order valence-electron chi connectivity index (χ3n) is 3.17. The smallest absolute Gasteiger partial charge is 0.255 e. The molecule has 0 spiro atoms. The SMILES string of the molecule is O=C(Nc1ccc(Nc2ccc(F)cc2)nc1)c1ccccc1. The van der Waals surface area contributed by atoms with Crippen LogP contribution in [0.5, 0.6) is 0 Å². The number of anilines is 3. The van der Waals surface area contributed by atoms with Gasteiger partial charge in [-0.2, -0.15) is 0 Å². The number of benzene rings is 2. The van der Waals surface area contributed by atoms with Gasteiger partial charge in [0.15, 0.2) is 0 Å². The van der Waals surface area contributed by atoms with E-state index < -0.39 is 0 Å². The summed E-state index contributed by atoms with van der Waals surface area (Å²) >= 11 is 0. The first kappa shape index (κ1) is 14.7. The van der Waals surface area contributed by atoms with Crippen LogP contribution in [-0.4, -0.2) is 10.9 Å². The summed E-state index contributed by atoms with van der Waals surface area (Å²) in [5.41, 5.74) is 1.92. The molecular formula is C18H14FN3O. The average molecular weight is 307 g/mol. The monoisotopic (exact) mass is 307 g/mol. The summed E-state index contributed by atoms with van der Waals surface area (Å²) < 4.78 is 12.9. The number of nitrogens with zero attached hydrogens (tertiary/aromatic N) is 1. The fourth-order valence-electron chi connectivity index (χ4n) is 2.02. The average Bonchev–Trinajstić information content (AvgIpc) is 2.59. The zero-order valence-corrected chi connectivity index (χ0v) is 12.2. The Labute approximate surface area is 133 Å². The Morgan fingerprint density at radius 1 is 0.870 bits per heavy atom. The molecule has 0 atom stereocenters. The number of amides is 1. The summed E-state index contributed by atoms with van der Waals surface area (Å²) in [6, 6.07) is 18.4. The van der Waals surface area contributed by atoms with Gasteiger partial charge in [-0.1, -0.05) is 18.2 Å². The topological polar surface area (TPSA) is 54.0 Å². The summed E-state index contributed by atoms with van der Waals surface area (Å²) in [7, 11) is 0. The van der Waals surface area contributed by atoms with Gasteiger partial charge in [0.05, 0.1) is 11.9 Å².